The smallest absolute Gasteiger partial charge is 0.0648 e. The Morgan fingerprint density at radius 3 is 2.81 bits per heavy atom. The predicted molar refractivity (Wildman–Crippen MR) is 69.0 cm³/mol. The number of halogens is 1. The van der Waals surface area contributed by atoms with E-state index >= 15 is 0 Å². The first kappa shape index (κ1) is 11.7. The number of hydrogen-bond donors (Lipinski definition) is 0. The minimum atomic E-state index is 0.494. The highest BCUT2D eigenvalue weighted by Crippen LogP contribution is 2.32. The number of hydrogen-bond acceptors (Lipinski definition) is 2. The van der Waals surface area contributed by atoms with Crippen molar-refractivity contribution >= 4 is 17.3 Å². The molecule has 3 heteroatoms. The van der Waals surface area contributed by atoms with Gasteiger partial charge in [0.05, 0.1) is 11.6 Å². The molecular formula is C13H19ClN2. The van der Waals surface area contributed by atoms with Gasteiger partial charge in [0.15, 0.2) is 0 Å². The second kappa shape index (κ2) is 5.05. The Kier molecular flexibility index (Phi) is 3.70. The molecule has 2 nitrogen and oxygen atoms in total. The van der Waals surface area contributed by atoms with Gasteiger partial charge in [-0.1, -0.05) is 13.8 Å². The fraction of sp³-hybridized carbons (Fsp3) is 0.615. The van der Waals surface area contributed by atoms with Gasteiger partial charge in [-0.05, 0) is 30.9 Å². The Bertz CT molecular complexity index is 348. The van der Waals surface area contributed by atoms with E-state index in [2.05, 4.69) is 35.9 Å². The van der Waals surface area contributed by atoms with E-state index in [0.717, 1.165) is 18.3 Å². The molecule has 1 aliphatic carbocycles. The lowest BCUT2D eigenvalue weighted by Crippen LogP contribution is -2.29. The van der Waals surface area contributed by atoms with Gasteiger partial charge in [0.2, 0.25) is 0 Å². The van der Waals surface area contributed by atoms with E-state index in [1.165, 1.54) is 18.5 Å². The third kappa shape index (κ3) is 2.88. The van der Waals surface area contributed by atoms with Crippen LogP contribution in [0.25, 0.3) is 0 Å². The molecular weight excluding hydrogens is 220 g/mol. The van der Waals surface area contributed by atoms with Crippen molar-refractivity contribution in [1.82, 2.24) is 4.98 Å². The van der Waals surface area contributed by atoms with Gasteiger partial charge in [-0.15, -0.1) is 11.6 Å². The van der Waals surface area contributed by atoms with Gasteiger partial charge in [0, 0.05) is 24.5 Å². The molecule has 1 aromatic rings. The lowest BCUT2D eigenvalue weighted by atomic mass is 10.2. The van der Waals surface area contributed by atoms with E-state index in [1.807, 2.05) is 6.20 Å². The number of pyridine rings is 1. The van der Waals surface area contributed by atoms with Gasteiger partial charge in [-0.25, -0.2) is 0 Å². The van der Waals surface area contributed by atoms with Crippen molar-refractivity contribution in [2.75, 3.05) is 11.4 Å². The number of anilines is 1. The van der Waals surface area contributed by atoms with Crippen LogP contribution in [0.2, 0.25) is 0 Å². The number of alkyl halides is 1. The molecule has 0 saturated heterocycles. The van der Waals surface area contributed by atoms with Gasteiger partial charge >= 0.3 is 0 Å². The zero-order valence-corrected chi connectivity index (χ0v) is 10.7. The van der Waals surface area contributed by atoms with Gasteiger partial charge in [0.25, 0.3) is 0 Å². The Morgan fingerprint density at radius 2 is 2.25 bits per heavy atom. The van der Waals surface area contributed by atoms with Crippen LogP contribution < -0.4 is 4.90 Å². The maximum atomic E-state index is 5.82. The van der Waals surface area contributed by atoms with Crippen LogP contribution in [0, 0.1) is 5.92 Å². The fourth-order valence-electron chi connectivity index (χ4n) is 1.96. The second-order valence-corrected chi connectivity index (χ2v) is 5.18. The standard InChI is InChI=1S/C13H19ClN2/c1-10(2)9-16(12-3-4-12)13-5-6-15-11(7-13)8-14/h5-7,10,12H,3-4,8-9H2,1-2H3. The SMILES string of the molecule is CC(C)CN(c1ccnc(CCl)c1)C1CC1. The van der Waals surface area contributed by atoms with Crippen molar-refractivity contribution in [3.05, 3.63) is 24.0 Å². The van der Waals surface area contributed by atoms with E-state index in [-0.39, 0.29) is 0 Å². The molecule has 1 fully saturated rings. The zero-order chi connectivity index (χ0) is 11.5. The lowest BCUT2D eigenvalue weighted by molar-refractivity contribution is 0.607. The lowest BCUT2D eigenvalue weighted by Gasteiger charge is -2.26. The Balaban J connectivity index is 2.16. The molecule has 0 unspecified atom stereocenters. The van der Waals surface area contributed by atoms with Gasteiger partial charge in [-0.2, -0.15) is 0 Å². The maximum Gasteiger partial charge on any atom is 0.0648 e. The summed E-state index contributed by atoms with van der Waals surface area (Å²) in [5, 5.41) is 0. The molecule has 0 bridgehead atoms. The van der Waals surface area contributed by atoms with E-state index in [0.29, 0.717) is 11.8 Å². The highest BCUT2D eigenvalue weighted by atomic mass is 35.5. The normalized spacial score (nSPS) is 15.5. The van der Waals surface area contributed by atoms with Crippen molar-refractivity contribution in [1.29, 1.82) is 0 Å². The van der Waals surface area contributed by atoms with Crippen LogP contribution in [0.1, 0.15) is 32.4 Å². The van der Waals surface area contributed by atoms with Crippen LogP contribution in [-0.4, -0.2) is 17.6 Å². The average Bonchev–Trinajstić information content (AvgIpc) is 3.09. The number of nitrogens with zero attached hydrogens (tertiary/aromatic N) is 2. The highest BCUT2D eigenvalue weighted by molar-refractivity contribution is 6.16. The molecule has 1 aliphatic rings. The van der Waals surface area contributed by atoms with Crippen molar-refractivity contribution < 1.29 is 0 Å². The molecule has 0 aromatic carbocycles. The van der Waals surface area contributed by atoms with Crippen LogP contribution in [0.15, 0.2) is 18.3 Å². The van der Waals surface area contributed by atoms with Crippen LogP contribution in [0.5, 0.6) is 0 Å². The summed E-state index contributed by atoms with van der Waals surface area (Å²) in [6.07, 6.45) is 4.51. The van der Waals surface area contributed by atoms with E-state index in [1.54, 1.807) is 0 Å². The third-order valence-corrected chi connectivity index (χ3v) is 3.09. The van der Waals surface area contributed by atoms with Crippen LogP contribution in [-0.2, 0) is 5.88 Å². The molecule has 1 heterocycles. The first-order chi connectivity index (χ1) is 7.70. The van der Waals surface area contributed by atoms with Gasteiger partial charge in [0.1, 0.15) is 0 Å². The molecule has 88 valence electrons. The predicted octanol–water partition coefficient (Wildman–Crippen LogP) is 3.45. The zero-order valence-electron chi connectivity index (χ0n) is 9.99. The average molecular weight is 239 g/mol. The highest BCUT2D eigenvalue weighted by Gasteiger charge is 2.29. The third-order valence-electron chi connectivity index (χ3n) is 2.82. The first-order valence-electron chi connectivity index (χ1n) is 5.98. The maximum absolute atomic E-state index is 5.82. The van der Waals surface area contributed by atoms with E-state index < -0.39 is 0 Å². The fourth-order valence-corrected chi connectivity index (χ4v) is 2.11. The summed E-state index contributed by atoms with van der Waals surface area (Å²) >= 11 is 5.82. The molecule has 2 rings (SSSR count). The minimum absolute atomic E-state index is 0.494. The molecule has 0 atom stereocenters. The van der Waals surface area contributed by atoms with Gasteiger partial charge in [-0.3, -0.25) is 4.98 Å². The molecule has 0 amide bonds. The Hall–Kier alpha value is -0.760. The summed E-state index contributed by atoms with van der Waals surface area (Å²) in [7, 11) is 0. The quantitative estimate of drug-likeness (QED) is 0.731. The summed E-state index contributed by atoms with van der Waals surface area (Å²) in [6.45, 7) is 5.65. The molecule has 0 aliphatic heterocycles. The largest absolute Gasteiger partial charge is 0.368 e. The minimum Gasteiger partial charge on any atom is -0.368 e. The molecule has 0 N–H and O–H groups in total. The summed E-state index contributed by atoms with van der Waals surface area (Å²) in [6, 6.07) is 4.96. The monoisotopic (exact) mass is 238 g/mol. The molecule has 16 heavy (non-hydrogen) atoms. The Labute approximate surface area is 103 Å². The molecule has 1 aromatic heterocycles. The number of aromatic nitrogens is 1. The van der Waals surface area contributed by atoms with Crippen molar-refractivity contribution in [2.45, 2.75) is 38.6 Å². The van der Waals surface area contributed by atoms with Crippen LogP contribution >= 0.6 is 11.6 Å². The van der Waals surface area contributed by atoms with Gasteiger partial charge < -0.3 is 4.90 Å². The topological polar surface area (TPSA) is 16.1 Å². The van der Waals surface area contributed by atoms with Crippen LogP contribution in [0.4, 0.5) is 5.69 Å². The number of rotatable bonds is 5. The molecule has 1 saturated carbocycles. The molecule has 0 spiro atoms. The van der Waals surface area contributed by atoms with E-state index in [9.17, 15) is 0 Å². The van der Waals surface area contributed by atoms with E-state index in [4.69, 9.17) is 11.6 Å². The second-order valence-electron chi connectivity index (χ2n) is 4.92. The summed E-state index contributed by atoms with van der Waals surface area (Å²) in [5.74, 6) is 1.18. The molecule has 0 radical (unpaired) electrons. The summed E-state index contributed by atoms with van der Waals surface area (Å²) < 4.78 is 0. The van der Waals surface area contributed by atoms with Crippen molar-refractivity contribution in [2.24, 2.45) is 5.92 Å². The summed E-state index contributed by atoms with van der Waals surface area (Å²) in [4.78, 5) is 6.74. The van der Waals surface area contributed by atoms with Crippen molar-refractivity contribution in [3.63, 3.8) is 0 Å². The van der Waals surface area contributed by atoms with Crippen LogP contribution in [0.3, 0.4) is 0 Å². The first-order valence-corrected chi connectivity index (χ1v) is 6.51. The Morgan fingerprint density at radius 1 is 1.50 bits per heavy atom. The van der Waals surface area contributed by atoms with Crippen molar-refractivity contribution in [3.8, 4) is 0 Å². The summed E-state index contributed by atoms with van der Waals surface area (Å²) in [5.41, 5.74) is 2.25.